The molecule has 5 heteroatoms. The SMILES string of the molecule is Cc1ccc(C(=O)N2CCN(c3nc(-c4cccc(C)c4)nc(C)c3C(C)C)CC2)cc1. The lowest BCUT2D eigenvalue weighted by atomic mass is 10.0. The molecule has 0 saturated carbocycles. The van der Waals surface area contributed by atoms with Crippen molar-refractivity contribution in [1.82, 2.24) is 14.9 Å². The fourth-order valence-corrected chi connectivity index (χ4v) is 4.40. The van der Waals surface area contributed by atoms with Crippen LogP contribution >= 0.6 is 0 Å². The van der Waals surface area contributed by atoms with E-state index in [-0.39, 0.29) is 5.91 Å². The zero-order chi connectivity index (χ0) is 22.8. The average molecular weight is 429 g/mol. The zero-order valence-electron chi connectivity index (χ0n) is 19.7. The van der Waals surface area contributed by atoms with Gasteiger partial charge in [0.15, 0.2) is 5.82 Å². The smallest absolute Gasteiger partial charge is 0.253 e. The van der Waals surface area contributed by atoms with Crippen LogP contribution in [0.2, 0.25) is 0 Å². The molecule has 0 atom stereocenters. The van der Waals surface area contributed by atoms with Crippen LogP contribution in [0.3, 0.4) is 0 Å². The van der Waals surface area contributed by atoms with E-state index in [1.165, 1.54) is 11.1 Å². The Balaban J connectivity index is 1.59. The molecule has 0 radical (unpaired) electrons. The van der Waals surface area contributed by atoms with Crippen molar-refractivity contribution < 1.29 is 4.79 Å². The minimum Gasteiger partial charge on any atom is -0.353 e. The number of benzene rings is 2. The van der Waals surface area contributed by atoms with Gasteiger partial charge in [-0.2, -0.15) is 0 Å². The maximum atomic E-state index is 12.9. The molecule has 1 aliphatic heterocycles. The number of piperazine rings is 1. The molecule has 0 aliphatic carbocycles. The molecule has 5 nitrogen and oxygen atoms in total. The lowest BCUT2D eigenvalue weighted by Crippen LogP contribution is -2.49. The van der Waals surface area contributed by atoms with E-state index in [9.17, 15) is 4.79 Å². The van der Waals surface area contributed by atoms with Gasteiger partial charge in [-0.1, -0.05) is 55.3 Å². The summed E-state index contributed by atoms with van der Waals surface area (Å²) in [6.07, 6.45) is 0. The predicted octanol–water partition coefficient (Wildman–Crippen LogP) is 5.15. The Morgan fingerprint density at radius 1 is 0.875 bits per heavy atom. The number of nitrogens with zero attached hydrogens (tertiary/aromatic N) is 4. The number of carbonyl (C=O) groups is 1. The lowest BCUT2D eigenvalue weighted by molar-refractivity contribution is 0.0746. The van der Waals surface area contributed by atoms with Gasteiger partial charge < -0.3 is 9.80 Å². The predicted molar refractivity (Wildman–Crippen MR) is 130 cm³/mol. The molecule has 2 aromatic carbocycles. The highest BCUT2D eigenvalue weighted by Crippen LogP contribution is 2.31. The van der Waals surface area contributed by atoms with Gasteiger partial charge in [-0.15, -0.1) is 0 Å². The van der Waals surface area contributed by atoms with E-state index in [4.69, 9.17) is 9.97 Å². The second kappa shape index (κ2) is 9.11. The third kappa shape index (κ3) is 4.52. The number of hydrogen-bond donors (Lipinski definition) is 0. The third-order valence-corrected chi connectivity index (χ3v) is 6.13. The van der Waals surface area contributed by atoms with Gasteiger partial charge in [-0.3, -0.25) is 4.79 Å². The third-order valence-electron chi connectivity index (χ3n) is 6.13. The van der Waals surface area contributed by atoms with Gasteiger partial charge in [0.1, 0.15) is 5.82 Å². The average Bonchev–Trinajstić information content (AvgIpc) is 2.78. The van der Waals surface area contributed by atoms with Gasteiger partial charge in [0.2, 0.25) is 0 Å². The highest BCUT2D eigenvalue weighted by molar-refractivity contribution is 5.94. The van der Waals surface area contributed by atoms with Crippen LogP contribution in [0.1, 0.15) is 52.5 Å². The molecule has 1 aromatic heterocycles. The molecular weight excluding hydrogens is 396 g/mol. The summed E-state index contributed by atoms with van der Waals surface area (Å²) in [4.78, 5) is 27.1. The van der Waals surface area contributed by atoms with Crippen molar-refractivity contribution in [3.63, 3.8) is 0 Å². The molecule has 166 valence electrons. The molecule has 4 rings (SSSR count). The summed E-state index contributed by atoms with van der Waals surface area (Å²) >= 11 is 0. The van der Waals surface area contributed by atoms with Gasteiger partial charge in [-0.25, -0.2) is 9.97 Å². The minimum absolute atomic E-state index is 0.105. The van der Waals surface area contributed by atoms with Crippen molar-refractivity contribution in [2.24, 2.45) is 0 Å². The van der Waals surface area contributed by atoms with E-state index in [0.29, 0.717) is 19.0 Å². The van der Waals surface area contributed by atoms with E-state index in [2.05, 4.69) is 56.9 Å². The Kier molecular flexibility index (Phi) is 6.26. The summed E-state index contributed by atoms with van der Waals surface area (Å²) in [5.74, 6) is 2.20. The van der Waals surface area contributed by atoms with Crippen molar-refractivity contribution in [3.05, 3.63) is 76.5 Å². The minimum atomic E-state index is 0.105. The van der Waals surface area contributed by atoms with Crippen molar-refractivity contribution in [2.45, 2.75) is 40.5 Å². The molecule has 2 heterocycles. The van der Waals surface area contributed by atoms with E-state index >= 15 is 0 Å². The Bertz CT molecular complexity index is 1110. The first-order valence-corrected chi connectivity index (χ1v) is 11.4. The lowest BCUT2D eigenvalue weighted by Gasteiger charge is -2.37. The van der Waals surface area contributed by atoms with Gasteiger partial charge in [0.05, 0.1) is 0 Å². The van der Waals surface area contributed by atoms with Crippen LogP contribution in [-0.4, -0.2) is 47.0 Å². The quantitative estimate of drug-likeness (QED) is 0.576. The van der Waals surface area contributed by atoms with E-state index in [1.54, 1.807) is 0 Å². The highest BCUT2D eigenvalue weighted by Gasteiger charge is 2.26. The number of aryl methyl sites for hydroxylation is 3. The fraction of sp³-hybridized carbons (Fsp3) is 0.370. The molecule has 1 amide bonds. The second-order valence-corrected chi connectivity index (χ2v) is 9.04. The van der Waals surface area contributed by atoms with Gasteiger partial charge in [0.25, 0.3) is 5.91 Å². The molecule has 0 unspecified atom stereocenters. The van der Waals surface area contributed by atoms with Crippen LogP contribution in [-0.2, 0) is 0 Å². The van der Waals surface area contributed by atoms with Crippen LogP contribution < -0.4 is 4.90 Å². The fourth-order valence-electron chi connectivity index (χ4n) is 4.40. The standard InChI is InChI=1S/C27H32N4O/c1-18(2)24-21(5)28-25(23-8-6-7-20(4)17-23)29-26(24)30-13-15-31(16-14-30)27(32)22-11-9-19(3)10-12-22/h6-12,17-18H,13-16H2,1-5H3. The highest BCUT2D eigenvalue weighted by atomic mass is 16.2. The number of anilines is 1. The molecular formula is C27H32N4O. The monoisotopic (exact) mass is 428 g/mol. The van der Waals surface area contributed by atoms with Crippen molar-refractivity contribution in [3.8, 4) is 11.4 Å². The van der Waals surface area contributed by atoms with E-state index in [1.807, 2.05) is 36.1 Å². The number of rotatable bonds is 4. The molecule has 3 aromatic rings. The molecule has 32 heavy (non-hydrogen) atoms. The van der Waals surface area contributed by atoms with Gasteiger partial charge >= 0.3 is 0 Å². The Morgan fingerprint density at radius 2 is 1.56 bits per heavy atom. The maximum Gasteiger partial charge on any atom is 0.253 e. The molecule has 1 fully saturated rings. The molecule has 1 saturated heterocycles. The second-order valence-electron chi connectivity index (χ2n) is 9.04. The van der Waals surface area contributed by atoms with Crippen LogP contribution in [0.15, 0.2) is 48.5 Å². The van der Waals surface area contributed by atoms with E-state index < -0.39 is 0 Å². The molecule has 0 bridgehead atoms. The van der Waals surface area contributed by atoms with Crippen LogP contribution in [0.5, 0.6) is 0 Å². The summed E-state index contributed by atoms with van der Waals surface area (Å²) in [6, 6.07) is 16.2. The summed E-state index contributed by atoms with van der Waals surface area (Å²) < 4.78 is 0. The summed E-state index contributed by atoms with van der Waals surface area (Å²) in [5.41, 5.74) is 6.38. The number of carbonyl (C=O) groups excluding carboxylic acids is 1. The summed E-state index contributed by atoms with van der Waals surface area (Å²) in [7, 11) is 0. The first kappa shape index (κ1) is 22.0. The van der Waals surface area contributed by atoms with Crippen LogP contribution in [0.4, 0.5) is 5.82 Å². The van der Waals surface area contributed by atoms with Crippen molar-refractivity contribution in [1.29, 1.82) is 0 Å². The number of aromatic nitrogens is 2. The number of hydrogen-bond acceptors (Lipinski definition) is 4. The Hall–Kier alpha value is -3.21. The van der Waals surface area contributed by atoms with Crippen LogP contribution in [0, 0.1) is 20.8 Å². The summed E-state index contributed by atoms with van der Waals surface area (Å²) in [6.45, 7) is 13.5. The summed E-state index contributed by atoms with van der Waals surface area (Å²) in [5, 5.41) is 0. The first-order chi connectivity index (χ1) is 15.3. The Morgan fingerprint density at radius 3 is 2.19 bits per heavy atom. The number of amides is 1. The largest absolute Gasteiger partial charge is 0.353 e. The van der Waals surface area contributed by atoms with Gasteiger partial charge in [-0.05, 0) is 44.9 Å². The molecule has 1 aliphatic rings. The van der Waals surface area contributed by atoms with Gasteiger partial charge in [0, 0.05) is 48.6 Å². The normalized spacial score (nSPS) is 14.2. The molecule has 0 spiro atoms. The van der Waals surface area contributed by atoms with E-state index in [0.717, 1.165) is 47.1 Å². The zero-order valence-corrected chi connectivity index (χ0v) is 19.7. The van der Waals surface area contributed by atoms with Crippen LogP contribution in [0.25, 0.3) is 11.4 Å². The first-order valence-electron chi connectivity index (χ1n) is 11.4. The molecule has 0 N–H and O–H groups in total. The van der Waals surface area contributed by atoms with Crippen molar-refractivity contribution in [2.75, 3.05) is 31.1 Å². The van der Waals surface area contributed by atoms with Crippen molar-refractivity contribution >= 4 is 11.7 Å². The topological polar surface area (TPSA) is 49.3 Å². The Labute approximate surface area is 191 Å². The maximum absolute atomic E-state index is 12.9.